The minimum absolute atomic E-state index is 0.0383. The van der Waals surface area contributed by atoms with Crippen molar-refractivity contribution < 1.29 is 141 Å². The highest BCUT2D eigenvalue weighted by molar-refractivity contribution is 5.81. The molecule has 2 aromatic heterocycles. The van der Waals surface area contributed by atoms with E-state index in [0.29, 0.717) is 62.8 Å². The van der Waals surface area contributed by atoms with Gasteiger partial charge in [-0.25, -0.2) is 9.36 Å². The standard InChI is InChI=1S/C78H132N10O29/c1-43-17-15-23-51(69(43)116-77-67(99)65(97)61(93)45(3)108-77)112-75-59(71(63(95)55(39-89)114-75)110-53(73(101)85(5)6)33-47-19-11-9-12-20-47)79-57(91)37-87-35-49(81-83-87)41-106-31-29-104-27-25-103-26-28-105-30-32-107-42-50-36-88(84-82-50)38-58(92)80-60-72(111-54(74(102)86(7)8)34-48-21-13-10-14-22-48)64(96)56(40-90)115-76(60)113-52-24-16-18-44(2)70(52)117-78-68(100)66(98)62(94)46(4)109-78/h35-36,43-48,51-56,59-72,75-78,89-90,93-100H,9-34,37-42H2,1-8H3,(H,79,91)(H,80,92)/t43?,44?,45?,46?,51-,52-,53+,54+,55+,56+,59?,60?,61-,62-,63+,64+,65+,66+,67?,68?,69-,70-,71?,72?,75-,76-,77+,78+/m1/s1. The molecular formula is C78H132N10O29. The van der Waals surface area contributed by atoms with E-state index in [1.807, 2.05) is 13.8 Å². The second-order valence-corrected chi connectivity index (χ2v) is 33.2. The number of hydrogen-bond donors (Lipinski definition) is 12. The van der Waals surface area contributed by atoms with E-state index in [9.17, 15) is 70.2 Å². The Morgan fingerprint density at radius 2 is 0.795 bits per heavy atom. The Hall–Kier alpha value is -4.84. The number of hydrogen-bond acceptors (Lipinski definition) is 33. The molecule has 0 bridgehead atoms. The van der Waals surface area contributed by atoms with Crippen LogP contribution in [0.2, 0.25) is 0 Å². The molecule has 4 aliphatic heterocycles. The Bertz CT molecular complexity index is 3060. The van der Waals surface area contributed by atoms with Crippen molar-refractivity contribution in [2.45, 2.75) is 329 Å². The van der Waals surface area contributed by atoms with Crippen LogP contribution in [0, 0.1) is 23.7 Å². The fraction of sp³-hybridized carbons (Fsp3) is 0.897. The van der Waals surface area contributed by atoms with Crippen LogP contribution in [0.3, 0.4) is 0 Å². The Morgan fingerprint density at radius 3 is 1.15 bits per heavy atom. The third-order valence-electron chi connectivity index (χ3n) is 23.7. The van der Waals surface area contributed by atoms with Crippen molar-refractivity contribution in [2.75, 3.05) is 94.3 Å². The van der Waals surface area contributed by atoms with Crippen LogP contribution in [0.5, 0.6) is 0 Å². The number of carbonyl (C=O) groups is 4. The molecule has 668 valence electrons. The van der Waals surface area contributed by atoms with Crippen molar-refractivity contribution in [3.8, 4) is 0 Å². The van der Waals surface area contributed by atoms with Crippen molar-refractivity contribution in [1.82, 2.24) is 50.4 Å². The third-order valence-corrected chi connectivity index (χ3v) is 23.7. The number of ether oxygens (including phenoxy) is 15. The minimum atomic E-state index is -1.59. The van der Waals surface area contributed by atoms with E-state index in [4.69, 9.17) is 71.1 Å². The van der Waals surface area contributed by atoms with Crippen LogP contribution in [0.25, 0.3) is 0 Å². The van der Waals surface area contributed by atoms with Gasteiger partial charge in [0.1, 0.15) is 122 Å². The van der Waals surface area contributed by atoms with Gasteiger partial charge in [0.15, 0.2) is 25.2 Å². The van der Waals surface area contributed by atoms with E-state index in [0.717, 1.165) is 64.2 Å². The highest BCUT2D eigenvalue weighted by atomic mass is 16.7. The molecule has 0 aromatic carbocycles. The van der Waals surface area contributed by atoms with Gasteiger partial charge in [-0.15, -0.1) is 10.2 Å². The lowest BCUT2D eigenvalue weighted by Crippen LogP contribution is -2.67. The molecule has 117 heavy (non-hydrogen) atoms. The lowest BCUT2D eigenvalue weighted by Gasteiger charge is -2.48. The number of rotatable bonds is 42. The molecule has 39 nitrogen and oxygen atoms in total. The monoisotopic (exact) mass is 1670 g/mol. The molecule has 39 heteroatoms. The molecule has 0 radical (unpaired) electrons. The second-order valence-electron chi connectivity index (χ2n) is 33.2. The van der Waals surface area contributed by atoms with Crippen LogP contribution in [-0.4, -0.2) is 368 Å². The van der Waals surface area contributed by atoms with Crippen LogP contribution < -0.4 is 10.6 Å². The predicted octanol–water partition coefficient (Wildman–Crippen LogP) is -1.76. The lowest BCUT2D eigenvalue weighted by molar-refractivity contribution is -0.336. The Labute approximate surface area is 683 Å². The van der Waals surface area contributed by atoms with Crippen LogP contribution in [0.15, 0.2) is 12.4 Å². The topological polar surface area (TPSA) is 501 Å². The van der Waals surface area contributed by atoms with Gasteiger partial charge in [0.25, 0.3) is 11.8 Å². The molecule has 4 saturated carbocycles. The lowest BCUT2D eigenvalue weighted by atomic mass is 9.84. The molecular weight excluding hydrogens is 1540 g/mol. The molecule has 0 spiro atoms. The first-order valence-electron chi connectivity index (χ1n) is 42.1. The van der Waals surface area contributed by atoms with E-state index in [1.165, 1.54) is 31.6 Å². The van der Waals surface area contributed by atoms with Crippen LogP contribution in [-0.2, 0) is 117 Å². The van der Waals surface area contributed by atoms with Gasteiger partial charge < -0.3 is 143 Å². The molecule has 8 aliphatic rings. The van der Waals surface area contributed by atoms with Gasteiger partial charge in [0, 0.05) is 28.2 Å². The van der Waals surface area contributed by atoms with Crippen LogP contribution in [0.1, 0.15) is 155 Å². The highest BCUT2D eigenvalue weighted by Gasteiger charge is 2.55. The normalized spacial score (nSPS) is 35.3. The fourth-order valence-corrected chi connectivity index (χ4v) is 17.0. The van der Waals surface area contributed by atoms with Crippen molar-refractivity contribution in [3.63, 3.8) is 0 Å². The summed E-state index contributed by atoms with van der Waals surface area (Å²) in [5.41, 5.74) is 0.825. The summed E-state index contributed by atoms with van der Waals surface area (Å²) in [6.45, 7) is 6.96. The van der Waals surface area contributed by atoms with Crippen LogP contribution >= 0.6 is 0 Å². The van der Waals surface area contributed by atoms with Gasteiger partial charge in [-0.05, 0) is 76.0 Å². The molecule has 12 N–H and O–H groups in total. The number of nitrogens with zero attached hydrogens (tertiary/aromatic N) is 8. The number of aliphatic hydroxyl groups is 10. The summed E-state index contributed by atoms with van der Waals surface area (Å²) < 4.78 is 95.2. The number of nitrogens with one attached hydrogen (secondary N) is 2. The Kier molecular flexibility index (Phi) is 37.6. The zero-order chi connectivity index (χ0) is 84.0. The minimum Gasteiger partial charge on any atom is -0.394 e. The number of carbonyl (C=O) groups excluding carboxylic acids is 4. The summed E-state index contributed by atoms with van der Waals surface area (Å²) in [7, 11) is 6.47. The summed E-state index contributed by atoms with van der Waals surface area (Å²) in [4.78, 5) is 59.3. The number of aliphatic hydroxyl groups excluding tert-OH is 10. The zero-order valence-electron chi connectivity index (χ0n) is 68.9. The fourth-order valence-electron chi connectivity index (χ4n) is 17.0. The molecule has 2 aromatic rings. The van der Waals surface area contributed by atoms with Gasteiger partial charge in [-0.2, -0.15) is 0 Å². The molecule has 28 atom stereocenters. The number of aromatic nitrogens is 6. The highest BCUT2D eigenvalue weighted by Crippen LogP contribution is 2.40. The average Bonchev–Trinajstić information content (AvgIpc) is 1.05. The molecule has 10 rings (SSSR count). The van der Waals surface area contributed by atoms with Gasteiger partial charge in [-0.3, -0.25) is 19.2 Å². The maximum atomic E-state index is 14.3. The Balaban J connectivity index is 0.649. The molecule has 4 amide bonds. The van der Waals surface area contributed by atoms with E-state index in [1.54, 1.807) is 42.0 Å². The van der Waals surface area contributed by atoms with E-state index < -0.39 is 184 Å². The maximum absolute atomic E-state index is 14.3. The first kappa shape index (κ1) is 94.4. The first-order valence-corrected chi connectivity index (χ1v) is 42.1. The summed E-state index contributed by atoms with van der Waals surface area (Å²) in [6.07, 6.45) is -12.5. The SMILES string of the molecule is CC1O[C@@H](O[C@@H]2C(C)CCC[C@H]2O[C@@H]2O[C@@H](CO)[C@H](O)C(O[C@@H](CC3CCCCC3)C(=O)N(C)C)C2NC(=O)Cn2cc(COCCOCCOCCOCCOCc3cn(CC(=O)NC4C(O[C@@H](CC5CCCCC5)C(=O)N(C)C)[C@@H](O)[C@H](CO)O[C@H]4O[C@@H]4CCCC(C)[C@H]4O[C@@H]4OC(C)[C@@H](O)[C@H](O)C4O)nn3)nn2)C(O)[C@@H](O)[C@@H]1O. The molecule has 10 unspecified atom stereocenters. The van der Waals surface area contributed by atoms with Gasteiger partial charge >= 0.3 is 0 Å². The van der Waals surface area contributed by atoms with Crippen molar-refractivity contribution in [2.24, 2.45) is 23.7 Å². The maximum Gasteiger partial charge on any atom is 0.251 e. The zero-order valence-corrected chi connectivity index (χ0v) is 68.9. The van der Waals surface area contributed by atoms with E-state index >= 15 is 0 Å². The second kappa shape index (κ2) is 46.6. The quantitative estimate of drug-likeness (QED) is 0.0328. The average molecular weight is 1670 g/mol. The summed E-state index contributed by atoms with van der Waals surface area (Å²) in [5, 5.41) is 132. The largest absolute Gasteiger partial charge is 0.394 e. The number of amides is 4. The number of likely N-dealkylation sites (N-methyl/N-ethyl adjacent to an activating group) is 2. The Morgan fingerprint density at radius 1 is 0.436 bits per heavy atom. The van der Waals surface area contributed by atoms with Gasteiger partial charge in [0.2, 0.25) is 11.8 Å². The van der Waals surface area contributed by atoms with E-state index in [-0.39, 0.29) is 115 Å². The summed E-state index contributed by atoms with van der Waals surface area (Å²) in [6, 6.07) is -2.56. The smallest absolute Gasteiger partial charge is 0.251 e. The van der Waals surface area contributed by atoms with Gasteiger partial charge in [0.05, 0.1) is 128 Å². The molecule has 8 fully saturated rings. The predicted molar refractivity (Wildman–Crippen MR) is 407 cm³/mol. The molecule has 6 heterocycles. The summed E-state index contributed by atoms with van der Waals surface area (Å²) in [5.74, 6) is -1.92. The van der Waals surface area contributed by atoms with E-state index in [2.05, 4.69) is 31.3 Å². The van der Waals surface area contributed by atoms with Crippen molar-refractivity contribution >= 4 is 23.6 Å². The van der Waals surface area contributed by atoms with Gasteiger partial charge in [-0.1, -0.05) is 101 Å². The first-order chi connectivity index (χ1) is 56.2. The van der Waals surface area contributed by atoms with Crippen molar-refractivity contribution in [3.05, 3.63) is 23.8 Å². The molecule has 4 aliphatic carbocycles. The summed E-state index contributed by atoms with van der Waals surface area (Å²) >= 11 is 0. The third kappa shape index (κ3) is 26.6. The molecule has 4 saturated heterocycles. The van der Waals surface area contributed by atoms with Crippen molar-refractivity contribution in [1.29, 1.82) is 0 Å². The van der Waals surface area contributed by atoms with Crippen LogP contribution in [0.4, 0.5) is 0 Å².